The Hall–Kier alpha value is -1.39. The number of amides is 1. The Kier molecular flexibility index (Phi) is 2.99. The number of rotatable bonds is 3. The Labute approximate surface area is 88.0 Å². The molecule has 0 spiro atoms. The SMILES string of the molecule is O=C1CCON1c1ccc(CCO)cc1. The minimum absolute atomic E-state index is 0.00934. The van der Waals surface area contributed by atoms with Gasteiger partial charge in [0.1, 0.15) is 0 Å². The zero-order chi connectivity index (χ0) is 10.7. The van der Waals surface area contributed by atoms with Gasteiger partial charge in [-0.15, -0.1) is 0 Å². The molecule has 80 valence electrons. The summed E-state index contributed by atoms with van der Waals surface area (Å²) in [5.41, 5.74) is 1.80. The third-order valence-corrected chi connectivity index (χ3v) is 2.33. The predicted molar refractivity (Wildman–Crippen MR) is 55.3 cm³/mol. The molecular weight excluding hydrogens is 194 g/mol. The van der Waals surface area contributed by atoms with Gasteiger partial charge in [-0.3, -0.25) is 9.63 Å². The van der Waals surface area contributed by atoms with Gasteiger partial charge in [-0.05, 0) is 24.1 Å². The van der Waals surface area contributed by atoms with Crippen LogP contribution in [0.4, 0.5) is 5.69 Å². The van der Waals surface area contributed by atoms with Crippen LogP contribution in [0.3, 0.4) is 0 Å². The molecule has 4 heteroatoms. The van der Waals surface area contributed by atoms with E-state index < -0.39 is 0 Å². The van der Waals surface area contributed by atoms with Crippen molar-refractivity contribution in [3.63, 3.8) is 0 Å². The predicted octanol–water partition coefficient (Wildman–Crippen LogP) is 0.890. The Balaban J connectivity index is 2.12. The van der Waals surface area contributed by atoms with Gasteiger partial charge in [-0.1, -0.05) is 12.1 Å². The number of hydrogen-bond donors (Lipinski definition) is 1. The quantitative estimate of drug-likeness (QED) is 0.800. The van der Waals surface area contributed by atoms with Crippen molar-refractivity contribution in [2.75, 3.05) is 18.3 Å². The van der Waals surface area contributed by atoms with Crippen molar-refractivity contribution in [1.82, 2.24) is 0 Å². The molecule has 0 radical (unpaired) electrons. The van der Waals surface area contributed by atoms with Gasteiger partial charge in [0.2, 0.25) is 0 Å². The monoisotopic (exact) mass is 207 g/mol. The van der Waals surface area contributed by atoms with Crippen LogP contribution in [-0.4, -0.2) is 24.2 Å². The molecule has 1 aliphatic rings. The number of nitrogens with zero attached hydrogens (tertiary/aromatic N) is 1. The highest BCUT2D eigenvalue weighted by molar-refractivity contribution is 5.92. The van der Waals surface area contributed by atoms with Crippen LogP contribution in [0.2, 0.25) is 0 Å². The molecule has 1 amide bonds. The number of anilines is 1. The van der Waals surface area contributed by atoms with E-state index in [0.717, 1.165) is 11.3 Å². The third kappa shape index (κ3) is 2.16. The standard InChI is InChI=1S/C11H13NO3/c13-7-5-9-1-3-10(4-2-9)12-11(14)6-8-15-12/h1-4,13H,5-8H2. The van der Waals surface area contributed by atoms with Crippen LogP contribution >= 0.6 is 0 Å². The van der Waals surface area contributed by atoms with Gasteiger partial charge in [0.05, 0.1) is 18.7 Å². The summed E-state index contributed by atoms with van der Waals surface area (Å²) in [5.74, 6) is -0.00934. The minimum atomic E-state index is -0.00934. The van der Waals surface area contributed by atoms with E-state index in [4.69, 9.17) is 9.94 Å². The number of aliphatic hydroxyl groups excluding tert-OH is 1. The largest absolute Gasteiger partial charge is 0.396 e. The molecule has 1 aliphatic heterocycles. The molecule has 2 rings (SSSR count). The van der Waals surface area contributed by atoms with Crippen LogP contribution in [0.25, 0.3) is 0 Å². The second-order valence-electron chi connectivity index (χ2n) is 3.41. The summed E-state index contributed by atoms with van der Waals surface area (Å²) in [6.07, 6.45) is 1.08. The molecule has 1 aromatic rings. The molecule has 0 aromatic heterocycles. The molecule has 0 bridgehead atoms. The Morgan fingerprint density at radius 3 is 2.60 bits per heavy atom. The van der Waals surface area contributed by atoms with Gasteiger partial charge in [-0.25, -0.2) is 0 Å². The van der Waals surface area contributed by atoms with Crippen LogP contribution in [0, 0.1) is 0 Å². The number of hydrogen-bond acceptors (Lipinski definition) is 3. The molecule has 1 aromatic carbocycles. The van der Waals surface area contributed by atoms with Crippen molar-refractivity contribution in [2.45, 2.75) is 12.8 Å². The molecule has 0 atom stereocenters. The fourth-order valence-electron chi connectivity index (χ4n) is 1.54. The molecule has 1 heterocycles. The van der Waals surface area contributed by atoms with E-state index in [1.807, 2.05) is 24.3 Å². The highest BCUT2D eigenvalue weighted by atomic mass is 16.7. The van der Waals surface area contributed by atoms with Crippen molar-refractivity contribution < 1.29 is 14.7 Å². The van der Waals surface area contributed by atoms with E-state index in [2.05, 4.69) is 0 Å². The van der Waals surface area contributed by atoms with Gasteiger partial charge in [0.25, 0.3) is 5.91 Å². The lowest BCUT2D eigenvalue weighted by molar-refractivity contribution is -0.119. The third-order valence-electron chi connectivity index (χ3n) is 2.33. The summed E-state index contributed by atoms with van der Waals surface area (Å²) in [5, 5.41) is 10.1. The molecule has 0 aliphatic carbocycles. The topological polar surface area (TPSA) is 49.8 Å². The maximum Gasteiger partial charge on any atom is 0.253 e. The first-order chi connectivity index (χ1) is 7.31. The minimum Gasteiger partial charge on any atom is -0.396 e. The first-order valence-electron chi connectivity index (χ1n) is 4.97. The summed E-state index contributed by atoms with van der Waals surface area (Å²) in [6, 6.07) is 7.43. The van der Waals surface area contributed by atoms with Crippen molar-refractivity contribution in [2.24, 2.45) is 0 Å². The van der Waals surface area contributed by atoms with E-state index in [1.54, 1.807) is 0 Å². The number of aliphatic hydroxyl groups is 1. The normalized spacial score (nSPS) is 16.1. The first-order valence-corrected chi connectivity index (χ1v) is 4.97. The van der Waals surface area contributed by atoms with Gasteiger partial charge >= 0.3 is 0 Å². The van der Waals surface area contributed by atoms with E-state index >= 15 is 0 Å². The smallest absolute Gasteiger partial charge is 0.253 e. The zero-order valence-corrected chi connectivity index (χ0v) is 8.35. The van der Waals surface area contributed by atoms with Crippen molar-refractivity contribution >= 4 is 11.6 Å². The van der Waals surface area contributed by atoms with Crippen LogP contribution in [0.15, 0.2) is 24.3 Å². The fraction of sp³-hybridized carbons (Fsp3) is 0.364. The number of carbonyl (C=O) groups is 1. The summed E-state index contributed by atoms with van der Waals surface area (Å²) < 4.78 is 0. The molecule has 15 heavy (non-hydrogen) atoms. The molecule has 1 N–H and O–H groups in total. The highest BCUT2D eigenvalue weighted by Gasteiger charge is 2.22. The maximum atomic E-state index is 11.3. The van der Waals surface area contributed by atoms with Gasteiger partial charge in [0.15, 0.2) is 0 Å². The second kappa shape index (κ2) is 4.42. The lowest BCUT2D eigenvalue weighted by Crippen LogP contribution is -2.22. The van der Waals surface area contributed by atoms with Crippen LogP contribution < -0.4 is 5.06 Å². The molecular formula is C11H13NO3. The van der Waals surface area contributed by atoms with E-state index in [0.29, 0.717) is 19.4 Å². The van der Waals surface area contributed by atoms with Gasteiger partial charge in [-0.2, -0.15) is 5.06 Å². The van der Waals surface area contributed by atoms with Gasteiger partial charge < -0.3 is 5.11 Å². The molecule has 0 saturated carbocycles. The Bertz CT molecular complexity index is 347. The molecule has 1 saturated heterocycles. The summed E-state index contributed by atoms with van der Waals surface area (Å²) >= 11 is 0. The molecule has 0 unspecified atom stereocenters. The summed E-state index contributed by atoms with van der Waals surface area (Å²) in [4.78, 5) is 16.5. The van der Waals surface area contributed by atoms with Crippen LogP contribution in [0.1, 0.15) is 12.0 Å². The summed E-state index contributed by atoms with van der Waals surface area (Å²) in [6.45, 7) is 0.593. The zero-order valence-electron chi connectivity index (χ0n) is 8.35. The van der Waals surface area contributed by atoms with E-state index in [9.17, 15) is 4.79 Å². The Morgan fingerprint density at radius 1 is 1.33 bits per heavy atom. The lowest BCUT2D eigenvalue weighted by Gasteiger charge is -2.14. The number of benzene rings is 1. The van der Waals surface area contributed by atoms with E-state index in [1.165, 1.54) is 5.06 Å². The van der Waals surface area contributed by atoms with Gasteiger partial charge in [0, 0.05) is 6.61 Å². The van der Waals surface area contributed by atoms with E-state index in [-0.39, 0.29) is 12.5 Å². The van der Waals surface area contributed by atoms with Crippen LogP contribution in [-0.2, 0) is 16.1 Å². The highest BCUT2D eigenvalue weighted by Crippen LogP contribution is 2.20. The first kappa shape index (κ1) is 10.1. The molecule has 4 nitrogen and oxygen atoms in total. The summed E-state index contributed by atoms with van der Waals surface area (Å²) in [7, 11) is 0. The molecule has 1 fully saturated rings. The van der Waals surface area contributed by atoms with Crippen molar-refractivity contribution in [3.8, 4) is 0 Å². The average molecular weight is 207 g/mol. The Morgan fingerprint density at radius 2 is 2.07 bits per heavy atom. The van der Waals surface area contributed by atoms with Crippen molar-refractivity contribution in [1.29, 1.82) is 0 Å². The second-order valence-corrected chi connectivity index (χ2v) is 3.41. The van der Waals surface area contributed by atoms with Crippen molar-refractivity contribution in [3.05, 3.63) is 29.8 Å². The fourth-order valence-corrected chi connectivity index (χ4v) is 1.54. The number of carbonyl (C=O) groups excluding carboxylic acids is 1. The number of hydroxylamine groups is 1. The lowest BCUT2D eigenvalue weighted by atomic mass is 10.1. The average Bonchev–Trinajstić information content (AvgIpc) is 2.66. The maximum absolute atomic E-state index is 11.3. The van der Waals surface area contributed by atoms with Crippen LogP contribution in [0.5, 0.6) is 0 Å².